The van der Waals surface area contributed by atoms with Gasteiger partial charge in [0.1, 0.15) is 0 Å². The molecule has 31 heavy (non-hydrogen) atoms. The third-order valence-corrected chi connectivity index (χ3v) is 5.56. The molecule has 0 aliphatic carbocycles. The Kier molecular flexibility index (Phi) is 3.89. The number of nitrogens with one attached hydrogen (secondary N) is 2. The van der Waals surface area contributed by atoms with Crippen LogP contribution in [0.1, 0.15) is 16.2 Å². The fourth-order valence-corrected chi connectivity index (χ4v) is 4.00. The molecule has 0 aliphatic heterocycles. The molecule has 0 fully saturated rings. The molecule has 3 aromatic heterocycles. The van der Waals surface area contributed by atoms with E-state index in [9.17, 15) is 4.79 Å². The number of benzene rings is 3. The molecule has 6 rings (SSSR count). The van der Waals surface area contributed by atoms with Crippen LogP contribution in [0, 0.1) is 0 Å². The van der Waals surface area contributed by atoms with Crippen LogP contribution in [0.2, 0.25) is 0 Å². The summed E-state index contributed by atoms with van der Waals surface area (Å²) in [5, 5.41) is 9.65. The lowest BCUT2D eigenvalue weighted by Crippen LogP contribution is -2.05. The summed E-state index contributed by atoms with van der Waals surface area (Å²) in [5.41, 5.74) is 5.24. The molecule has 148 valence electrons. The number of pyridine rings is 1. The van der Waals surface area contributed by atoms with Gasteiger partial charge in [-0.3, -0.25) is 14.9 Å². The first-order valence-electron chi connectivity index (χ1n) is 10.0. The molecule has 0 unspecified atom stereocenters. The van der Waals surface area contributed by atoms with Crippen LogP contribution >= 0.6 is 0 Å². The Morgan fingerprint density at radius 1 is 0.806 bits per heavy atom. The monoisotopic (exact) mass is 403 g/mol. The highest BCUT2D eigenvalue weighted by molar-refractivity contribution is 6.03. The number of aromatic amines is 2. The van der Waals surface area contributed by atoms with Gasteiger partial charge in [0.15, 0.2) is 5.82 Å². The molecular formula is C25H17N5O. The molecule has 0 bridgehead atoms. The highest BCUT2D eigenvalue weighted by Gasteiger charge is 2.16. The number of ketones is 1. The maximum atomic E-state index is 12.9. The number of H-pyrrole nitrogens is 2. The topological polar surface area (TPSA) is 87.3 Å². The molecule has 6 nitrogen and oxygen atoms in total. The number of carbonyl (C=O) groups is 1. The van der Waals surface area contributed by atoms with Crippen molar-refractivity contribution < 1.29 is 4.79 Å². The molecule has 6 heteroatoms. The van der Waals surface area contributed by atoms with Crippen LogP contribution in [0.15, 0.2) is 79.1 Å². The number of imidazole rings is 1. The number of hydrogen-bond acceptors (Lipinski definition) is 4. The number of Topliss-reactive ketones (excluding diaryl/α,β-unsaturated/α-hetero) is 1. The smallest absolute Gasteiger partial charge is 0.204 e. The van der Waals surface area contributed by atoms with Gasteiger partial charge in [-0.1, -0.05) is 42.5 Å². The van der Waals surface area contributed by atoms with Crippen molar-refractivity contribution in [3.8, 4) is 11.3 Å². The van der Waals surface area contributed by atoms with Crippen molar-refractivity contribution >= 4 is 38.5 Å². The van der Waals surface area contributed by atoms with Gasteiger partial charge in [-0.25, -0.2) is 9.97 Å². The van der Waals surface area contributed by atoms with E-state index >= 15 is 0 Å². The van der Waals surface area contributed by atoms with Crippen LogP contribution in [0.25, 0.3) is 44.0 Å². The van der Waals surface area contributed by atoms with E-state index in [2.05, 4.69) is 43.3 Å². The second-order valence-corrected chi connectivity index (χ2v) is 7.58. The van der Waals surface area contributed by atoms with E-state index in [0.717, 1.165) is 38.5 Å². The van der Waals surface area contributed by atoms with E-state index in [1.54, 1.807) is 12.4 Å². The van der Waals surface area contributed by atoms with Gasteiger partial charge < -0.3 is 5.10 Å². The lowest BCUT2D eigenvalue weighted by molar-refractivity contribution is 0.0984. The van der Waals surface area contributed by atoms with Crippen molar-refractivity contribution in [1.29, 1.82) is 0 Å². The van der Waals surface area contributed by atoms with E-state index in [-0.39, 0.29) is 18.0 Å². The van der Waals surface area contributed by atoms with Crippen molar-refractivity contribution in [1.82, 2.24) is 25.1 Å². The van der Waals surface area contributed by atoms with Gasteiger partial charge in [0.2, 0.25) is 5.78 Å². The zero-order chi connectivity index (χ0) is 20.8. The fourth-order valence-electron chi connectivity index (χ4n) is 4.00. The van der Waals surface area contributed by atoms with Crippen molar-refractivity contribution in [2.75, 3.05) is 0 Å². The van der Waals surface area contributed by atoms with Crippen molar-refractivity contribution in [3.05, 3.63) is 90.5 Å². The third-order valence-electron chi connectivity index (χ3n) is 5.56. The number of hydrogen-bond donors (Lipinski definition) is 2. The fraction of sp³-hybridized carbons (Fsp3) is 0.0400. The van der Waals surface area contributed by atoms with E-state index in [1.807, 2.05) is 48.5 Å². The molecule has 0 radical (unpaired) electrons. The van der Waals surface area contributed by atoms with E-state index in [4.69, 9.17) is 0 Å². The second kappa shape index (κ2) is 6.88. The molecule has 0 saturated heterocycles. The van der Waals surface area contributed by atoms with Gasteiger partial charge >= 0.3 is 0 Å². The van der Waals surface area contributed by atoms with Gasteiger partial charge in [-0.15, -0.1) is 0 Å². The molecule has 0 atom stereocenters. The Bertz CT molecular complexity index is 1580. The summed E-state index contributed by atoms with van der Waals surface area (Å²) in [5.74, 6) is 0.168. The minimum absolute atomic E-state index is 0.0870. The minimum atomic E-state index is -0.0870. The van der Waals surface area contributed by atoms with E-state index in [1.165, 1.54) is 0 Å². The van der Waals surface area contributed by atoms with Crippen LogP contribution in [0.3, 0.4) is 0 Å². The Labute approximate surface area is 177 Å². The summed E-state index contributed by atoms with van der Waals surface area (Å²) in [7, 11) is 0. The zero-order valence-corrected chi connectivity index (χ0v) is 16.5. The molecule has 3 aromatic carbocycles. The van der Waals surface area contributed by atoms with Crippen LogP contribution in [0.4, 0.5) is 0 Å². The highest BCUT2D eigenvalue weighted by Crippen LogP contribution is 2.29. The number of nitrogens with zero attached hydrogens (tertiary/aromatic N) is 3. The quantitative estimate of drug-likeness (QED) is 0.402. The summed E-state index contributed by atoms with van der Waals surface area (Å²) in [4.78, 5) is 26.0. The molecule has 0 spiro atoms. The first-order chi connectivity index (χ1) is 15.2. The SMILES string of the molecule is O=C(Cc1ccc2ccccc2c1)c1nc2cc3[nH][nH]c(-c4ccncc4)c3cc2n1. The first-order valence-corrected chi connectivity index (χ1v) is 10.0. The lowest BCUT2D eigenvalue weighted by atomic mass is 10.0. The summed E-state index contributed by atoms with van der Waals surface area (Å²) in [6.45, 7) is 0. The minimum Gasteiger partial charge on any atom is -0.300 e. The van der Waals surface area contributed by atoms with Crippen LogP contribution in [-0.2, 0) is 6.42 Å². The number of aromatic nitrogens is 5. The molecular weight excluding hydrogens is 386 g/mol. The van der Waals surface area contributed by atoms with Crippen molar-refractivity contribution in [2.24, 2.45) is 0 Å². The predicted molar refractivity (Wildman–Crippen MR) is 121 cm³/mol. The summed E-state index contributed by atoms with van der Waals surface area (Å²) in [6, 6.07) is 22.0. The largest absolute Gasteiger partial charge is 0.300 e. The third kappa shape index (κ3) is 3.05. The normalized spacial score (nSPS) is 11.5. The molecule has 2 N–H and O–H groups in total. The van der Waals surface area contributed by atoms with E-state index in [0.29, 0.717) is 11.0 Å². The van der Waals surface area contributed by atoms with Crippen molar-refractivity contribution in [2.45, 2.75) is 6.42 Å². The van der Waals surface area contributed by atoms with Gasteiger partial charge in [-0.05, 0) is 40.6 Å². The Balaban J connectivity index is 1.35. The zero-order valence-electron chi connectivity index (χ0n) is 16.5. The Morgan fingerprint density at radius 2 is 1.58 bits per heavy atom. The number of rotatable bonds is 4. The van der Waals surface area contributed by atoms with Crippen molar-refractivity contribution in [3.63, 3.8) is 0 Å². The van der Waals surface area contributed by atoms with Crippen LogP contribution in [0.5, 0.6) is 0 Å². The molecule has 3 heterocycles. The van der Waals surface area contributed by atoms with Gasteiger partial charge in [0, 0.05) is 29.8 Å². The maximum Gasteiger partial charge on any atom is 0.204 e. The van der Waals surface area contributed by atoms with E-state index < -0.39 is 0 Å². The Morgan fingerprint density at radius 3 is 2.42 bits per heavy atom. The van der Waals surface area contributed by atoms with Gasteiger partial charge in [0.25, 0.3) is 0 Å². The van der Waals surface area contributed by atoms with Gasteiger partial charge in [-0.2, -0.15) is 0 Å². The molecule has 0 saturated carbocycles. The average molecular weight is 403 g/mol. The predicted octanol–water partition coefficient (Wildman–Crippen LogP) is 5.08. The Hall–Kier alpha value is -4.32. The summed E-state index contributed by atoms with van der Waals surface area (Å²) >= 11 is 0. The average Bonchev–Trinajstić information content (AvgIpc) is 3.41. The van der Waals surface area contributed by atoms with Crippen LogP contribution in [-0.4, -0.2) is 30.9 Å². The highest BCUT2D eigenvalue weighted by atomic mass is 16.1. The maximum absolute atomic E-state index is 12.9. The van der Waals surface area contributed by atoms with Gasteiger partial charge in [0.05, 0.1) is 22.2 Å². The molecule has 6 aromatic rings. The molecule has 0 amide bonds. The summed E-state index contributed by atoms with van der Waals surface area (Å²) < 4.78 is 0. The second-order valence-electron chi connectivity index (χ2n) is 7.58. The first kappa shape index (κ1) is 17.5. The number of carbonyl (C=O) groups excluding carboxylic acids is 1. The molecule has 0 aliphatic rings. The number of fused-ring (bicyclic) bond motifs is 3. The van der Waals surface area contributed by atoms with Crippen LogP contribution < -0.4 is 0 Å². The summed E-state index contributed by atoms with van der Waals surface area (Å²) in [6.07, 6.45) is 3.79. The lowest BCUT2D eigenvalue weighted by Gasteiger charge is -2.02. The standard InChI is InChI=1S/C25H17N5O/c31-23(12-15-5-6-16-3-1-2-4-18(16)11-15)25-27-21-13-19-20(14-22(21)28-25)29-30-24(19)17-7-9-26-10-8-17/h1-11,13-14,29-30H,12H2.